The summed E-state index contributed by atoms with van der Waals surface area (Å²) < 4.78 is 38.4. The lowest BCUT2D eigenvalue weighted by molar-refractivity contribution is 0.602. The lowest BCUT2D eigenvalue weighted by Crippen LogP contribution is -2.00. The highest BCUT2D eigenvalue weighted by Gasteiger charge is 2.15. The first-order valence-electron chi connectivity index (χ1n) is 7.17. The van der Waals surface area contributed by atoms with E-state index in [-0.39, 0.29) is 4.90 Å². The third kappa shape index (κ3) is 3.14. The van der Waals surface area contributed by atoms with Gasteiger partial charge in [0.2, 0.25) is 0 Å². The maximum atomic E-state index is 14.5. The van der Waals surface area contributed by atoms with Crippen molar-refractivity contribution in [3.63, 3.8) is 0 Å². The number of hydrogen-bond donors (Lipinski definition) is 1. The SMILES string of the molecule is CS(=O)(=O)c1ccccc1-c1ccc(-c2ccc(N)nc2)c(F)c1. The third-order valence-electron chi connectivity index (χ3n) is 3.66. The second-order valence-electron chi connectivity index (χ2n) is 5.43. The molecule has 0 aliphatic carbocycles. The van der Waals surface area contributed by atoms with Gasteiger partial charge in [-0.15, -0.1) is 0 Å². The van der Waals surface area contributed by atoms with Crippen LogP contribution in [-0.4, -0.2) is 19.7 Å². The number of sulfone groups is 1. The normalized spacial score (nSPS) is 11.4. The first-order chi connectivity index (χ1) is 11.4. The summed E-state index contributed by atoms with van der Waals surface area (Å²) in [7, 11) is -3.41. The van der Waals surface area contributed by atoms with E-state index in [9.17, 15) is 12.8 Å². The van der Waals surface area contributed by atoms with E-state index in [2.05, 4.69) is 4.98 Å². The van der Waals surface area contributed by atoms with Crippen molar-refractivity contribution in [1.29, 1.82) is 0 Å². The molecule has 0 aliphatic rings. The summed E-state index contributed by atoms with van der Waals surface area (Å²) in [6, 6.07) is 14.5. The van der Waals surface area contributed by atoms with Crippen molar-refractivity contribution >= 4 is 15.7 Å². The van der Waals surface area contributed by atoms with Gasteiger partial charge >= 0.3 is 0 Å². The predicted octanol–water partition coefficient (Wildman–Crippen LogP) is 3.54. The lowest BCUT2D eigenvalue weighted by Gasteiger charge is -2.10. The van der Waals surface area contributed by atoms with Crippen molar-refractivity contribution in [2.75, 3.05) is 12.0 Å². The molecule has 122 valence electrons. The van der Waals surface area contributed by atoms with E-state index in [0.717, 1.165) is 6.26 Å². The Morgan fingerprint density at radius 1 is 0.958 bits per heavy atom. The monoisotopic (exact) mass is 342 g/mol. The molecule has 0 radical (unpaired) electrons. The van der Waals surface area contributed by atoms with Gasteiger partial charge < -0.3 is 5.73 Å². The summed E-state index contributed by atoms with van der Waals surface area (Å²) in [5.74, 6) is -0.0970. The largest absolute Gasteiger partial charge is 0.384 e. The molecule has 0 atom stereocenters. The van der Waals surface area contributed by atoms with Crippen LogP contribution in [0.5, 0.6) is 0 Å². The molecule has 24 heavy (non-hydrogen) atoms. The van der Waals surface area contributed by atoms with Crippen molar-refractivity contribution in [3.8, 4) is 22.3 Å². The standard InChI is InChI=1S/C18H15FN2O2S/c1-24(22,23)17-5-3-2-4-15(17)12-6-8-14(16(19)10-12)13-7-9-18(20)21-11-13/h2-11H,1H3,(H2,20,21). The number of nitrogens with two attached hydrogens (primary N) is 1. The minimum Gasteiger partial charge on any atom is -0.384 e. The number of halogens is 1. The summed E-state index contributed by atoms with van der Waals surface area (Å²) in [4.78, 5) is 4.13. The van der Waals surface area contributed by atoms with Gasteiger partial charge in [0, 0.05) is 29.1 Å². The molecule has 2 aromatic carbocycles. The number of hydrogen-bond acceptors (Lipinski definition) is 4. The molecule has 3 rings (SSSR count). The van der Waals surface area contributed by atoms with Crippen LogP contribution in [0.1, 0.15) is 0 Å². The molecule has 0 saturated heterocycles. The van der Waals surface area contributed by atoms with Gasteiger partial charge in [-0.3, -0.25) is 0 Å². The molecule has 2 N–H and O–H groups in total. The Bertz CT molecular complexity index is 1000. The Morgan fingerprint density at radius 2 is 1.67 bits per heavy atom. The first-order valence-corrected chi connectivity index (χ1v) is 9.06. The lowest BCUT2D eigenvalue weighted by atomic mass is 10.0. The Balaban J connectivity index is 2.10. The highest BCUT2D eigenvalue weighted by Crippen LogP contribution is 2.31. The number of pyridine rings is 1. The van der Waals surface area contributed by atoms with Crippen LogP contribution < -0.4 is 5.73 Å². The molecule has 0 spiro atoms. The molecule has 3 aromatic rings. The summed E-state index contributed by atoms with van der Waals surface area (Å²) in [5.41, 5.74) is 7.49. The Morgan fingerprint density at radius 3 is 2.29 bits per heavy atom. The average molecular weight is 342 g/mol. The van der Waals surface area contributed by atoms with Gasteiger partial charge in [0.05, 0.1) is 4.90 Å². The van der Waals surface area contributed by atoms with E-state index in [1.807, 2.05) is 0 Å². The topological polar surface area (TPSA) is 73.0 Å². The maximum Gasteiger partial charge on any atom is 0.176 e. The second-order valence-corrected chi connectivity index (χ2v) is 7.42. The van der Waals surface area contributed by atoms with Gasteiger partial charge in [-0.25, -0.2) is 17.8 Å². The van der Waals surface area contributed by atoms with Crippen molar-refractivity contribution in [1.82, 2.24) is 4.98 Å². The molecule has 4 nitrogen and oxygen atoms in total. The van der Waals surface area contributed by atoms with Crippen LogP contribution in [0.15, 0.2) is 65.7 Å². The Labute approximate surface area is 139 Å². The van der Waals surface area contributed by atoms with Gasteiger partial charge in [-0.1, -0.05) is 30.3 Å². The van der Waals surface area contributed by atoms with E-state index in [1.54, 1.807) is 42.5 Å². The Kier molecular flexibility index (Phi) is 4.07. The zero-order chi connectivity index (χ0) is 17.3. The number of aromatic nitrogens is 1. The van der Waals surface area contributed by atoms with E-state index >= 15 is 0 Å². The van der Waals surface area contributed by atoms with Crippen molar-refractivity contribution in [2.45, 2.75) is 4.90 Å². The quantitative estimate of drug-likeness (QED) is 0.790. The van der Waals surface area contributed by atoms with Crippen molar-refractivity contribution < 1.29 is 12.8 Å². The van der Waals surface area contributed by atoms with Crippen LogP contribution in [0, 0.1) is 5.82 Å². The van der Waals surface area contributed by atoms with Crippen molar-refractivity contribution in [2.24, 2.45) is 0 Å². The number of nitrogen functional groups attached to an aromatic ring is 1. The van der Waals surface area contributed by atoms with Crippen LogP contribution in [0.3, 0.4) is 0 Å². The third-order valence-corrected chi connectivity index (χ3v) is 4.82. The smallest absolute Gasteiger partial charge is 0.176 e. The fourth-order valence-corrected chi connectivity index (χ4v) is 3.42. The average Bonchev–Trinajstić information content (AvgIpc) is 2.55. The van der Waals surface area contributed by atoms with E-state index in [0.29, 0.717) is 28.1 Å². The summed E-state index contributed by atoms with van der Waals surface area (Å²) in [6.45, 7) is 0. The van der Waals surface area contributed by atoms with Gasteiger partial charge in [0.1, 0.15) is 11.6 Å². The van der Waals surface area contributed by atoms with Crippen LogP contribution >= 0.6 is 0 Å². The van der Waals surface area contributed by atoms with E-state index < -0.39 is 15.7 Å². The molecule has 0 fully saturated rings. The Hall–Kier alpha value is -2.73. The molecular formula is C18H15FN2O2S. The molecule has 0 unspecified atom stereocenters. The molecule has 1 heterocycles. The zero-order valence-corrected chi connectivity index (χ0v) is 13.7. The van der Waals surface area contributed by atoms with Gasteiger partial charge in [-0.2, -0.15) is 0 Å². The van der Waals surface area contributed by atoms with E-state index in [4.69, 9.17) is 5.73 Å². The maximum absolute atomic E-state index is 14.5. The zero-order valence-electron chi connectivity index (χ0n) is 12.9. The fraction of sp³-hybridized carbons (Fsp3) is 0.0556. The second kappa shape index (κ2) is 6.05. The molecule has 0 amide bonds. The molecule has 0 bridgehead atoms. The fourth-order valence-electron chi connectivity index (χ4n) is 2.51. The van der Waals surface area contributed by atoms with Crippen molar-refractivity contribution in [3.05, 3.63) is 66.6 Å². The van der Waals surface area contributed by atoms with Gasteiger partial charge in [0.25, 0.3) is 0 Å². The van der Waals surface area contributed by atoms with Crippen LogP contribution in [0.25, 0.3) is 22.3 Å². The number of benzene rings is 2. The summed E-state index contributed by atoms with van der Waals surface area (Å²) in [6.07, 6.45) is 2.63. The minimum absolute atomic E-state index is 0.173. The van der Waals surface area contributed by atoms with Crippen LogP contribution in [0.2, 0.25) is 0 Å². The van der Waals surface area contributed by atoms with E-state index in [1.165, 1.54) is 18.3 Å². The molecular weight excluding hydrogens is 327 g/mol. The summed E-state index contributed by atoms with van der Waals surface area (Å²) in [5, 5.41) is 0. The number of rotatable bonds is 3. The van der Waals surface area contributed by atoms with Gasteiger partial charge in [-0.05, 0) is 29.8 Å². The molecule has 0 saturated carbocycles. The molecule has 1 aromatic heterocycles. The minimum atomic E-state index is -3.41. The van der Waals surface area contributed by atoms with Gasteiger partial charge in [0.15, 0.2) is 9.84 Å². The summed E-state index contributed by atoms with van der Waals surface area (Å²) >= 11 is 0. The first kappa shape index (κ1) is 16.1. The van der Waals surface area contributed by atoms with Crippen LogP contribution in [-0.2, 0) is 9.84 Å². The highest BCUT2D eigenvalue weighted by atomic mass is 32.2. The molecule has 0 aliphatic heterocycles. The number of anilines is 1. The molecule has 6 heteroatoms. The van der Waals surface area contributed by atoms with Crippen LogP contribution in [0.4, 0.5) is 10.2 Å². The highest BCUT2D eigenvalue weighted by molar-refractivity contribution is 7.90. The predicted molar refractivity (Wildman–Crippen MR) is 92.6 cm³/mol. The number of nitrogens with zero attached hydrogens (tertiary/aromatic N) is 1.